The van der Waals surface area contributed by atoms with Gasteiger partial charge in [-0.25, -0.2) is 0 Å². The fraction of sp³-hybridized carbons (Fsp3) is 0.909. The number of carbonyl (C=O) groups is 1. The molecule has 2 heterocycles. The van der Waals surface area contributed by atoms with Crippen LogP contribution in [-0.4, -0.2) is 51.1 Å². The lowest BCUT2D eigenvalue weighted by molar-refractivity contribution is -0.279. The lowest BCUT2D eigenvalue weighted by atomic mass is 9.77. The van der Waals surface area contributed by atoms with Crippen LogP contribution in [0, 0.1) is 5.92 Å². The molecule has 1 aliphatic carbocycles. The highest BCUT2D eigenvalue weighted by molar-refractivity contribution is 5.75. The maximum Gasteiger partial charge on any atom is 0.220 e. The van der Waals surface area contributed by atoms with E-state index in [1.165, 1.54) is 6.92 Å². The van der Waals surface area contributed by atoms with Gasteiger partial charge in [-0.1, -0.05) is 0 Å². The second-order valence-corrected chi connectivity index (χ2v) is 5.32. The summed E-state index contributed by atoms with van der Waals surface area (Å²) in [5.74, 6) is -1.23. The van der Waals surface area contributed by atoms with Crippen molar-refractivity contribution in [2.75, 3.05) is 0 Å². The minimum atomic E-state index is -1.14. The first-order valence-electron chi connectivity index (χ1n) is 5.80. The number of fused-ring (bicyclic) bond motifs is 2. The molecule has 16 heavy (non-hydrogen) atoms. The number of aliphatic hydroxyl groups is 2. The zero-order valence-corrected chi connectivity index (χ0v) is 9.46. The van der Waals surface area contributed by atoms with Crippen molar-refractivity contribution in [1.29, 1.82) is 0 Å². The Hall–Kier alpha value is -0.650. The number of nitrogens with zero attached hydrogens (tertiary/aromatic N) is 1. The van der Waals surface area contributed by atoms with E-state index in [9.17, 15) is 15.0 Å². The van der Waals surface area contributed by atoms with Crippen LogP contribution >= 0.6 is 0 Å². The highest BCUT2D eigenvalue weighted by atomic mass is 16.6. The summed E-state index contributed by atoms with van der Waals surface area (Å²) < 4.78 is 5.58. The van der Waals surface area contributed by atoms with Gasteiger partial charge in [-0.3, -0.25) is 4.79 Å². The second kappa shape index (κ2) is 2.97. The first-order valence-corrected chi connectivity index (χ1v) is 5.80. The molecule has 0 spiro atoms. The van der Waals surface area contributed by atoms with Crippen molar-refractivity contribution in [3.05, 3.63) is 0 Å². The topological polar surface area (TPSA) is 70.0 Å². The summed E-state index contributed by atoms with van der Waals surface area (Å²) in [5, 5.41) is 20.3. The van der Waals surface area contributed by atoms with Crippen molar-refractivity contribution >= 4 is 5.91 Å². The molecular weight excluding hydrogens is 210 g/mol. The van der Waals surface area contributed by atoms with E-state index in [1.54, 1.807) is 4.90 Å². The summed E-state index contributed by atoms with van der Waals surface area (Å²) in [6, 6.07) is -0.364. The first kappa shape index (κ1) is 10.5. The molecule has 5 heteroatoms. The van der Waals surface area contributed by atoms with Gasteiger partial charge in [0, 0.05) is 25.7 Å². The average molecular weight is 227 g/mol. The first-order chi connectivity index (χ1) is 7.43. The van der Waals surface area contributed by atoms with Gasteiger partial charge in [0.05, 0.1) is 24.3 Å². The van der Waals surface area contributed by atoms with Gasteiger partial charge in [-0.05, 0) is 6.92 Å². The lowest BCUT2D eigenvalue weighted by Gasteiger charge is -2.44. The van der Waals surface area contributed by atoms with E-state index in [0.717, 1.165) is 0 Å². The normalized spacial score (nSPS) is 54.5. The summed E-state index contributed by atoms with van der Waals surface area (Å²) in [7, 11) is 0. The van der Waals surface area contributed by atoms with Crippen LogP contribution in [0.4, 0.5) is 0 Å². The van der Waals surface area contributed by atoms with Crippen LogP contribution in [0.1, 0.15) is 26.7 Å². The van der Waals surface area contributed by atoms with Gasteiger partial charge in [0.1, 0.15) is 0 Å². The molecule has 3 bridgehead atoms. The monoisotopic (exact) mass is 227 g/mol. The Bertz CT molecular complexity index is 347. The van der Waals surface area contributed by atoms with Crippen molar-refractivity contribution in [2.45, 2.75) is 56.8 Å². The van der Waals surface area contributed by atoms with Crippen molar-refractivity contribution in [2.24, 2.45) is 5.92 Å². The van der Waals surface area contributed by atoms with Gasteiger partial charge in [-0.15, -0.1) is 0 Å². The molecule has 6 atom stereocenters. The van der Waals surface area contributed by atoms with Gasteiger partial charge in [0.25, 0.3) is 0 Å². The van der Waals surface area contributed by atoms with Gasteiger partial charge in [0.15, 0.2) is 5.79 Å². The Morgan fingerprint density at radius 1 is 1.50 bits per heavy atom. The van der Waals surface area contributed by atoms with Crippen LogP contribution in [0.5, 0.6) is 0 Å². The highest BCUT2D eigenvalue weighted by Crippen LogP contribution is 2.51. The fourth-order valence-electron chi connectivity index (χ4n) is 3.85. The van der Waals surface area contributed by atoms with E-state index >= 15 is 0 Å². The number of hydrogen-bond donors (Lipinski definition) is 2. The Labute approximate surface area is 94.0 Å². The zero-order chi connectivity index (χ0) is 11.7. The standard InChI is InChI=1S/C11H17NO4/c1-5-9-7-3-11(15,16-5)4-8(10(7)14)12(9)6(2)13/h5,7-10,14-15H,3-4H2,1-2H3. The molecule has 3 aliphatic rings. The predicted molar refractivity (Wildman–Crippen MR) is 54.3 cm³/mol. The molecule has 1 saturated carbocycles. The van der Waals surface area contributed by atoms with E-state index in [1.807, 2.05) is 6.92 Å². The van der Waals surface area contributed by atoms with Gasteiger partial charge in [-0.2, -0.15) is 0 Å². The third kappa shape index (κ3) is 1.14. The largest absolute Gasteiger partial charge is 0.391 e. The number of likely N-dealkylation sites (tertiary alicyclic amines) is 1. The van der Waals surface area contributed by atoms with E-state index in [0.29, 0.717) is 12.8 Å². The van der Waals surface area contributed by atoms with Crippen molar-refractivity contribution in [3.63, 3.8) is 0 Å². The average Bonchev–Trinajstić information content (AvgIpc) is 2.31. The maximum atomic E-state index is 11.6. The van der Waals surface area contributed by atoms with Crippen LogP contribution in [0.2, 0.25) is 0 Å². The Morgan fingerprint density at radius 2 is 2.19 bits per heavy atom. The van der Waals surface area contributed by atoms with E-state index in [-0.39, 0.29) is 30.0 Å². The van der Waals surface area contributed by atoms with Gasteiger partial charge >= 0.3 is 0 Å². The number of hydrogen-bond acceptors (Lipinski definition) is 4. The number of amides is 1. The van der Waals surface area contributed by atoms with Crippen molar-refractivity contribution in [1.82, 2.24) is 4.90 Å². The van der Waals surface area contributed by atoms with Crippen LogP contribution in [0.25, 0.3) is 0 Å². The number of carbonyl (C=O) groups excluding carboxylic acids is 1. The Morgan fingerprint density at radius 3 is 2.81 bits per heavy atom. The van der Waals surface area contributed by atoms with Crippen molar-refractivity contribution < 1.29 is 19.7 Å². The van der Waals surface area contributed by atoms with Crippen LogP contribution in [0.3, 0.4) is 0 Å². The highest BCUT2D eigenvalue weighted by Gasteiger charge is 2.63. The minimum absolute atomic E-state index is 0.0434. The fourth-order valence-corrected chi connectivity index (χ4v) is 3.85. The molecule has 0 radical (unpaired) electrons. The molecule has 6 unspecified atom stereocenters. The number of aliphatic hydroxyl groups excluding tert-OH is 1. The molecule has 90 valence electrons. The third-order valence-corrected chi connectivity index (χ3v) is 4.28. The third-order valence-electron chi connectivity index (χ3n) is 4.28. The molecule has 5 nitrogen and oxygen atoms in total. The van der Waals surface area contributed by atoms with Crippen LogP contribution in [0.15, 0.2) is 0 Å². The van der Waals surface area contributed by atoms with Gasteiger partial charge in [0.2, 0.25) is 5.91 Å². The second-order valence-electron chi connectivity index (χ2n) is 5.32. The minimum Gasteiger partial charge on any atom is -0.391 e. The zero-order valence-electron chi connectivity index (χ0n) is 9.46. The maximum absolute atomic E-state index is 11.6. The van der Waals surface area contributed by atoms with Crippen molar-refractivity contribution in [3.8, 4) is 0 Å². The van der Waals surface area contributed by atoms with E-state index < -0.39 is 11.9 Å². The molecule has 0 aromatic heterocycles. The van der Waals surface area contributed by atoms with Gasteiger partial charge < -0.3 is 19.8 Å². The Balaban J connectivity index is 2.05. The molecular formula is C11H17NO4. The smallest absolute Gasteiger partial charge is 0.220 e. The molecule has 2 N–H and O–H groups in total. The molecule has 0 aromatic carbocycles. The summed E-state index contributed by atoms with van der Waals surface area (Å²) in [6.45, 7) is 3.37. The lowest BCUT2D eigenvalue weighted by Crippen LogP contribution is -2.54. The quantitative estimate of drug-likeness (QED) is 0.583. The number of rotatable bonds is 0. The number of ether oxygens (including phenoxy) is 1. The Kier molecular flexibility index (Phi) is 1.95. The summed E-state index contributed by atoms with van der Waals surface area (Å²) >= 11 is 0. The summed E-state index contributed by atoms with van der Waals surface area (Å²) in [4.78, 5) is 13.4. The molecule has 3 rings (SSSR count). The molecule has 3 fully saturated rings. The molecule has 2 saturated heterocycles. The molecule has 1 amide bonds. The van der Waals surface area contributed by atoms with E-state index in [2.05, 4.69) is 0 Å². The molecule has 2 aliphatic heterocycles. The van der Waals surface area contributed by atoms with Crippen LogP contribution < -0.4 is 0 Å². The summed E-state index contributed by atoms with van der Waals surface area (Å²) in [5.41, 5.74) is 0. The van der Waals surface area contributed by atoms with E-state index in [4.69, 9.17) is 4.74 Å². The van der Waals surface area contributed by atoms with Crippen LogP contribution in [-0.2, 0) is 9.53 Å². The summed E-state index contributed by atoms with van der Waals surface area (Å²) in [6.07, 6.45) is 0.0319. The predicted octanol–water partition coefficient (Wildman–Crippen LogP) is -0.536. The molecule has 0 aromatic rings. The SMILES string of the molecule is CC(=O)N1C2CC3(O)CC(C2O)C1C(C)O3.